The highest BCUT2D eigenvalue weighted by molar-refractivity contribution is 5.91. The van der Waals surface area contributed by atoms with Gasteiger partial charge in [0.2, 0.25) is 0 Å². The van der Waals surface area contributed by atoms with Crippen LogP contribution in [-0.4, -0.2) is 44.2 Å². The largest absolute Gasteiger partial charge is 0.417 e. The van der Waals surface area contributed by atoms with Gasteiger partial charge in [-0.15, -0.1) is 0 Å². The van der Waals surface area contributed by atoms with Crippen molar-refractivity contribution in [2.24, 2.45) is 0 Å². The van der Waals surface area contributed by atoms with E-state index in [0.717, 1.165) is 31.5 Å². The highest BCUT2D eigenvalue weighted by Gasteiger charge is 2.36. The van der Waals surface area contributed by atoms with Gasteiger partial charge < -0.3 is 5.32 Å². The number of likely N-dealkylation sites (tertiary alicyclic amines) is 1. The fourth-order valence-electron chi connectivity index (χ4n) is 4.05. The Balaban J connectivity index is 1.65. The first-order chi connectivity index (χ1) is 14.3. The second-order valence-corrected chi connectivity index (χ2v) is 8.12. The summed E-state index contributed by atoms with van der Waals surface area (Å²) in [6.07, 6.45) is 0.785. The molecule has 1 saturated heterocycles. The van der Waals surface area contributed by atoms with E-state index in [0.29, 0.717) is 12.2 Å². The molecule has 0 aliphatic carbocycles. The first-order valence-corrected chi connectivity index (χ1v) is 10.1. The molecule has 2 N–H and O–H groups in total. The Morgan fingerprint density at radius 3 is 2.87 bits per heavy atom. The molecular formula is C21H25F3N6. The van der Waals surface area contributed by atoms with Crippen molar-refractivity contribution in [3.8, 4) is 0 Å². The number of pyridine rings is 2. The van der Waals surface area contributed by atoms with Crippen molar-refractivity contribution in [2.75, 3.05) is 18.4 Å². The molecule has 1 fully saturated rings. The smallest absolute Gasteiger partial charge is 0.366 e. The maximum absolute atomic E-state index is 13.9. The second kappa shape index (κ2) is 8.22. The van der Waals surface area contributed by atoms with Gasteiger partial charge >= 0.3 is 6.18 Å². The molecule has 3 aromatic rings. The molecule has 0 bridgehead atoms. The number of H-pyrrole nitrogens is 1. The van der Waals surface area contributed by atoms with Gasteiger partial charge in [-0.1, -0.05) is 6.07 Å². The van der Waals surface area contributed by atoms with Crippen molar-refractivity contribution in [3.63, 3.8) is 0 Å². The quantitative estimate of drug-likeness (QED) is 0.635. The third-order valence-corrected chi connectivity index (χ3v) is 5.33. The third-order valence-electron chi connectivity index (χ3n) is 5.33. The number of halogens is 3. The minimum absolute atomic E-state index is 0.00276. The summed E-state index contributed by atoms with van der Waals surface area (Å²) < 4.78 is 41.7. The molecule has 3 aromatic heterocycles. The molecule has 4 rings (SSSR count). The van der Waals surface area contributed by atoms with E-state index in [-0.39, 0.29) is 28.8 Å². The van der Waals surface area contributed by atoms with Crippen LogP contribution in [0.1, 0.15) is 49.4 Å². The number of nitrogens with zero attached hydrogens (tertiary/aromatic N) is 4. The van der Waals surface area contributed by atoms with Gasteiger partial charge in [-0.05, 0) is 50.9 Å². The van der Waals surface area contributed by atoms with E-state index in [4.69, 9.17) is 0 Å². The SMILES string of the molecule is CC(C)Nc1n[nH]c2nc(C3CCCN(Cc4cccnc4)C3)cc(C(F)(F)F)c12. The fraction of sp³-hybridized carbons (Fsp3) is 0.476. The van der Waals surface area contributed by atoms with Crippen molar-refractivity contribution < 1.29 is 13.2 Å². The van der Waals surface area contributed by atoms with Crippen LogP contribution in [0.15, 0.2) is 30.6 Å². The van der Waals surface area contributed by atoms with Crippen LogP contribution < -0.4 is 5.32 Å². The van der Waals surface area contributed by atoms with Crippen molar-refractivity contribution in [1.29, 1.82) is 0 Å². The lowest BCUT2D eigenvalue weighted by atomic mass is 9.92. The number of aromatic nitrogens is 4. The maximum atomic E-state index is 13.9. The van der Waals surface area contributed by atoms with E-state index in [1.807, 2.05) is 32.2 Å². The number of hydrogen-bond donors (Lipinski definition) is 2. The average molecular weight is 418 g/mol. The van der Waals surface area contributed by atoms with Gasteiger partial charge in [0.1, 0.15) is 0 Å². The summed E-state index contributed by atoms with van der Waals surface area (Å²) in [5, 5.41) is 9.72. The minimum atomic E-state index is -4.49. The molecule has 0 aromatic carbocycles. The number of alkyl halides is 3. The number of piperidine rings is 1. The molecule has 0 saturated carbocycles. The zero-order valence-electron chi connectivity index (χ0n) is 17.0. The van der Waals surface area contributed by atoms with Crippen LogP contribution in [0.3, 0.4) is 0 Å². The molecule has 0 spiro atoms. The Labute approximate surface area is 172 Å². The summed E-state index contributed by atoms with van der Waals surface area (Å²) in [4.78, 5) is 10.9. The Morgan fingerprint density at radius 1 is 1.33 bits per heavy atom. The Kier molecular flexibility index (Phi) is 5.64. The number of hydrogen-bond acceptors (Lipinski definition) is 5. The Morgan fingerprint density at radius 2 is 2.17 bits per heavy atom. The summed E-state index contributed by atoms with van der Waals surface area (Å²) >= 11 is 0. The van der Waals surface area contributed by atoms with E-state index in [1.54, 1.807) is 6.20 Å². The number of nitrogens with one attached hydrogen (secondary N) is 2. The van der Waals surface area contributed by atoms with E-state index >= 15 is 0 Å². The molecule has 1 aliphatic heterocycles. The minimum Gasteiger partial charge on any atom is -0.366 e. The third kappa shape index (κ3) is 4.40. The van der Waals surface area contributed by atoms with Crippen molar-refractivity contribution in [3.05, 3.63) is 47.4 Å². The lowest BCUT2D eigenvalue weighted by Gasteiger charge is -2.32. The molecule has 9 heteroatoms. The molecular weight excluding hydrogens is 393 g/mol. The van der Waals surface area contributed by atoms with Crippen molar-refractivity contribution in [1.82, 2.24) is 25.1 Å². The molecule has 30 heavy (non-hydrogen) atoms. The molecule has 4 heterocycles. The van der Waals surface area contributed by atoms with Gasteiger partial charge in [0, 0.05) is 43.1 Å². The summed E-state index contributed by atoms with van der Waals surface area (Å²) in [6, 6.07) is 5.07. The molecule has 1 aliphatic rings. The maximum Gasteiger partial charge on any atom is 0.417 e. The van der Waals surface area contributed by atoms with Crippen LogP contribution in [0.4, 0.5) is 19.0 Å². The zero-order chi connectivity index (χ0) is 21.3. The topological polar surface area (TPSA) is 69.7 Å². The van der Waals surface area contributed by atoms with Crippen molar-refractivity contribution >= 4 is 16.9 Å². The van der Waals surface area contributed by atoms with E-state index in [2.05, 4.69) is 30.4 Å². The second-order valence-electron chi connectivity index (χ2n) is 8.12. The van der Waals surface area contributed by atoms with Crippen LogP contribution >= 0.6 is 0 Å². The molecule has 6 nitrogen and oxygen atoms in total. The lowest BCUT2D eigenvalue weighted by Crippen LogP contribution is -2.34. The van der Waals surface area contributed by atoms with Crippen molar-refractivity contribution in [2.45, 2.75) is 51.4 Å². The van der Waals surface area contributed by atoms with Gasteiger partial charge in [0.05, 0.1) is 10.9 Å². The summed E-state index contributed by atoms with van der Waals surface area (Å²) in [7, 11) is 0. The molecule has 1 unspecified atom stereocenters. The lowest BCUT2D eigenvalue weighted by molar-refractivity contribution is -0.136. The van der Waals surface area contributed by atoms with Crippen LogP contribution in [0.5, 0.6) is 0 Å². The number of aromatic amines is 1. The summed E-state index contributed by atoms with van der Waals surface area (Å²) in [6.45, 7) is 6.01. The predicted molar refractivity (Wildman–Crippen MR) is 109 cm³/mol. The van der Waals surface area contributed by atoms with Gasteiger partial charge in [-0.3, -0.25) is 15.0 Å². The predicted octanol–water partition coefficient (Wildman–Crippen LogP) is 4.57. The molecule has 160 valence electrons. The highest BCUT2D eigenvalue weighted by atomic mass is 19.4. The standard InChI is InChI=1S/C21H25F3N6/c1-13(2)26-19-18-16(21(22,23)24)9-17(27-20(18)29-28-19)15-6-4-8-30(12-15)11-14-5-3-7-25-10-14/h3,5,7,9-10,13,15H,4,6,8,11-12H2,1-2H3,(H2,26,27,28,29). The van der Waals surface area contributed by atoms with Crippen LogP contribution in [-0.2, 0) is 12.7 Å². The summed E-state index contributed by atoms with van der Waals surface area (Å²) in [5.41, 5.74) is 1.04. The average Bonchev–Trinajstić information content (AvgIpc) is 3.09. The van der Waals surface area contributed by atoms with Gasteiger partial charge in [-0.25, -0.2) is 4.98 Å². The van der Waals surface area contributed by atoms with E-state index in [9.17, 15) is 13.2 Å². The Hall–Kier alpha value is -2.68. The first-order valence-electron chi connectivity index (χ1n) is 10.1. The van der Waals surface area contributed by atoms with E-state index in [1.165, 1.54) is 6.07 Å². The van der Waals surface area contributed by atoms with Crippen LogP contribution in [0.25, 0.3) is 11.0 Å². The van der Waals surface area contributed by atoms with Crippen LogP contribution in [0.2, 0.25) is 0 Å². The molecule has 0 radical (unpaired) electrons. The fourth-order valence-corrected chi connectivity index (χ4v) is 4.05. The number of rotatable bonds is 5. The van der Waals surface area contributed by atoms with Gasteiger partial charge in [-0.2, -0.15) is 18.3 Å². The number of fused-ring (bicyclic) bond motifs is 1. The normalized spacial score (nSPS) is 18.3. The molecule has 1 atom stereocenters. The monoisotopic (exact) mass is 418 g/mol. The van der Waals surface area contributed by atoms with Gasteiger partial charge in [0.15, 0.2) is 11.5 Å². The first kappa shape index (κ1) is 20.6. The molecule has 0 amide bonds. The number of anilines is 1. The summed E-state index contributed by atoms with van der Waals surface area (Å²) in [5.74, 6) is 0.124. The van der Waals surface area contributed by atoms with Crippen LogP contribution in [0, 0.1) is 0 Å². The van der Waals surface area contributed by atoms with Gasteiger partial charge in [0.25, 0.3) is 0 Å². The Bertz CT molecular complexity index is 999. The van der Waals surface area contributed by atoms with E-state index < -0.39 is 11.7 Å². The zero-order valence-corrected chi connectivity index (χ0v) is 17.0. The highest BCUT2D eigenvalue weighted by Crippen LogP contribution is 2.39.